The SMILES string of the molecule is C=N/C=C(SCN)/C(N)=C/N(N)c1cc(C(=O)Nc2cc(-n3cnc(C)c3)cc(C(F)(F)F)c2)ccc1C. The molecule has 1 amide bonds. The lowest BCUT2D eigenvalue weighted by Crippen LogP contribution is -2.27. The van der Waals surface area contributed by atoms with Gasteiger partial charge in [0.25, 0.3) is 5.91 Å². The zero-order chi connectivity index (χ0) is 28.0. The number of rotatable bonds is 9. The van der Waals surface area contributed by atoms with E-state index >= 15 is 0 Å². The van der Waals surface area contributed by atoms with E-state index in [0.29, 0.717) is 16.3 Å². The van der Waals surface area contributed by atoms with Crippen LogP contribution in [0.2, 0.25) is 0 Å². The maximum Gasteiger partial charge on any atom is 0.416 e. The zero-order valence-electron chi connectivity index (χ0n) is 20.7. The third kappa shape index (κ3) is 7.03. The smallest absolute Gasteiger partial charge is 0.397 e. The largest absolute Gasteiger partial charge is 0.416 e. The Kier molecular flexibility index (Phi) is 8.99. The summed E-state index contributed by atoms with van der Waals surface area (Å²) in [7, 11) is 0. The lowest BCUT2D eigenvalue weighted by atomic mass is 10.1. The maximum absolute atomic E-state index is 13.6. The Labute approximate surface area is 221 Å². The highest BCUT2D eigenvalue weighted by atomic mass is 32.2. The van der Waals surface area contributed by atoms with Crippen LogP contribution in [0, 0.1) is 13.8 Å². The van der Waals surface area contributed by atoms with Crippen LogP contribution >= 0.6 is 11.8 Å². The van der Waals surface area contributed by atoms with E-state index in [2.05, 4.69) is 22.0 Å². The van der Waals surface area contributed by atoms with Gasteiger partial charge in [0, 0.05) is 41.4 Å². The molecule has 0 saturated heterocycles. The molecule has 200 valence electrons. The van der Waals surface area contributed by atoms with E-state index in [1.807, 2.05) is 0 Å². The van der Waals surface area contributed by atoms with Gasteiger partial charge in [-0.15, -0.1) is 11.8 Å². The number of amides is 1. The van der Waals surface area contributed by atoms with Crippen LogP contribution in [0.1, 0.15) is 27.2 Å². The molecule has 0 spiro atoms. The number of nitrogens with zero attached hydrogens (tertiary/aromatic N) is 4. The molecule has 2 aromatic carbocycles. The molecule has 1 heterocycles. The average molecular weight is 545 g/mol. The summed E-state index contributed by atoms with van der Waals surface area (Å²) in [5.74, 6) is 5.83. The second-order valence-electron chi connectivity index (χ2n) is 8.12. The number of nitrogens with one attached hydrogen (secondary N) is 1. The van der Waals surface area contributed by atoms with Crippen LogP contribution in [-0.2, 0) is 6.18 Å². The number of alkyl halides is 3. The van der Waals surface area contributed by atoms with Crippen molar-refractivity contribution in [1.82, 2.24) is 9.55 Å². The van der Waals surface area contributed by atoms with Crippen molar-refractivity contribution in [3.8, 4) is 5.69 Å². The summed E-state index contributed by atoms with van der Waals surface area (Å²) in [6, 6.07) is 8.00. The number of nitrogens with two attached hydrogens (primary N) is 3. The molecule has 0 saturated carbocycles. The van der Waals surface area contributed by atoms with Gasteiger partial charge in [0.05, 0.1) is 33.9 Å². The Morgan fingerprint density at radius 3 is 2.61 bits per heavy atom. The monoisotopic (exact) mass is 544 g/mol. The summed E-state index contributed by atoms with van der Waals surface area (Å²) < 4.78 is 42.2. The van der Waals surface area contributed by atoms with E-state index < -0.39 is 17.6 Å². The van der Waals surface area contributed by atoms with Crippen molar-refractivity contribution < 1.29 is 18.0 Å². The number of carbonyl (C=O) groups is 1. The van der Waals surface area contributed by atoms with Gasteiger partial charge in [-0.2, -0.15) is 13.2 Å². The summed E-state index contributed by atoms with van der Waals surface area (Å²) in [6.45, 7) is 6.90. The van der Waals surface area contributed by atoms with Gasteiger partial charge in [-0.3, -0.25) is 14.8 Å². The maximum atomic E-state index is 13.6. The lowest BCUT2D eigenvalue weighted by Gasteiger charge is -2.19. The van der Waals surface area contributed by atoms with E-state index in [9.17, 15) is 18.0 Å². The van der Waals surface area contributed by atoms with E-state index in [0.717, 1.165) is 17.7 Å². The predicted molar refractivity (Wildman–Crippen MR) is 146 cm³/mol. The van der Waals surface area contributed by atoms with Crippen molar-refractivity contribution in [2.45, 2.75) is 20.0 Å². The molecular weight excluding hydrogens is 517 g/mol. The Bertz CT molecular complexity index is 1400. The van der Waals surface area contributed by atoms with Crippen LogP contribution < -0.4 is 27.6 Å². The predicted octanol–water partition coefficient (Wildman–Crippen LogP) is 4.43. The fourth-order valence-electron chi connectivity index (χ4n) is 3.44. The molecule has 0 atom stereocenters. The Morgan fingerprint density at radius 1 is 1.26 bits per heavy atom. The molecule has 13 heteroatoms. The highest BCUT2D eigenvalue weighted by molar-refractivity contribution is 8.03. The molecule has 0 fully saturated rings. The van der Waals surface area contributed by atoms with Crippen molar-refractivity contribution >= 4 is 35.8 Å². The number of benzene rings is 2. The first-order valence-electron chi connectivity index (χ1n) is 11.1. The number of aryl methyl sites for hydroxylation is 2. The number of hydrogen-bond donors (Lipinski definition) is 4. The molecule has 9 nitrogen and oxygen atoms in total. The molecule has 3 aromatic rings. The normalized spacial score (nSPS) is 12.4. The van der Waals surface area contributed by atoms with E-state index in [1.54, 1.807) is 32.2 Å². The van der Waals surface area contributed by atoms with E-state index in [-0.39, 0.29) is 28.5 Å². The highest BCUT2D eigenvalue weighted by Crippen LogP contribution is 2.33. The van der Waals surface area contributed by atoms with Crippen LogP contribution in [0.3, 0.4) is 0 Å². The fraction of sp³-hybridized carbons (Fsp3) is 0.160. The molecule has 0 aliphatic carbocycles. The number of aliphatic imine (C=N–C) groups is 1. The van der Waals surface area contributed by atoms with Gasteiger partial charge in [-0.25, -0.2) is 10.8 Å². The average Bonchev–Trinajstić information content (AvgIpc) is 3.29. The van der Waals surface area contributed by atoms with Gasteiger partial charge >= 0.3 is 6.18 Å². The van der Waals surface area contributed by atoms with Crippen molar-refractivity contribution in [1.29, 1.82) is 0 Å². The van der Waals surface area contributed by atoms with Crippen LogP contribution in [0.5, 0.6) is 0 Å². The van der Waals surface area contributed by atoms with Gasteiger partial charge in [-0.05, 0) is 56.5 Å². The van der Waals surface area contributed by atoms with Crippen LogP contribution in [0.15, 0.2) is 76.9 Å². The molecule has 38 heavy (non-hydrogen) atoms. The minimum Gasteiger partial charge on any atom is -0.397 e. The molecule has 1 aromatic heterocycles. The Balaban J connectivity index is 1.92. The van der Waals surface area contributed by atoms with Gasteiger partial charge in [0.15, 0.2) is 0 Å². The number of thioether (sulfide) groups is 1. The second kappa shape index (κ2) is 12.0. The van der Waals surface area contributed by atoms with Gasteiger partial charge in [0.1, 0.15) is 0 Å². The number of anilines is 2. The number of halogens is 3. The highest BCUT2D eigenvalue weighted by Gasteiger charge is 2.31. The summed E-state index contributed by atoms with van der Waals surface area (Å²) in [5, 5.41) is 3.78. The van der Waals surface area contributed by atoms with Crippen LogP contribution in [0.25, 0.3) is 5.69 Å². The molecule has 3 rings (SSSR count). The third-order valence-corrected chi connectivity index (χ3v) is 6.09. The van der Waals surface area contributed by atoms with E-state index in [1.165, 1.54) is 52.2 Å². The molecule has 0 radical (unpaired) electrons. The number of hydrogen-bond acceptors (Lipinski definition) is 8. The summed E-state index contributed by atoms with van der Waals surface area (Å²) in [6.07, 6.45) is 1.25. The number of aromatic nitrogens is 2. The second-order valence-corrected chi connectivity index (χ2v) is 9.18. The van der Waals surface area contributed by atoms with Gasteiger partial charge < -0.3 is 21.4 Å². The van der Waals surface area contributed by atoms with Crippen molar-refractivity contribution in [3.05, 3.63) is 94.3 Å². The Morgan fingerprint density at radius 2 is 2.00 bits per heavy atom. The van der Waals surface area contributed by atoms with Crippen molar-refractivity contribution in [3.63, 3.8) is 0 Å². The number of carbonyl (C=O) groups excluding carboxylic acids is 1. The molecule has 0 bridgehead atoms. The minimum absolute atomic E-state index is 0.0347. The number of hydrazine groups is 1. The number of imidazole rings is 1. The summed E-state index contributed by atoms with van der Waals surface area (Å²) >= 11 is 1.24. The van der Waals surface area contributed by atoms with E-state index in [4.69, 9.17) is 17.3 Å². The first-order chi connectivity index (χ1) is 17.9. The van der Waals surface area contributed by atoms with Gasteiger partial charge in [-0.1, -0.05) is 6.07 Å². The standard InChI is InChI=1S/C25H27F3N8OS/c1-15-4-5-17(6-22(15)36(31)12-21(30)23(10-32-3)38-13-29)24(37)34-19-7-18(25(26,27)28)8-20(9-19)35-11-16(2)33-14-35/h4-12,14H,3,13,29-31H2,1-2H3,(H,34,37)/b21-12-,23-10-. The van der Waals surface area contributed by atoms with Crippen molar-refractivity contribution in [2.75, 3.05) is 16.2 Å². The summed E-state index contributed by atoms with van der Waals surface area (Å²) in [4.78, 5) is 21.4. The lowest BCUT2D eigenvalue weighted by molar-refractivity contribution is -0.137. The molecule has 7 N–H and O–H groups in total. The fourth-order valence-corrected chi connectivity index (χ4v) is 3.99. The first kappa shape index (κ1) is 28.5. The third-order valence-electron chi connectivity index (χ3n) is 5.27. The van der Waals surface area contributed by atoms with Crippen LogP contribution in [0.4, 0.5) is 24.5 Å². The van der Waals surface area contributed by atoms with Gasteiger partial charge in [0.2, 0.25) is 0 Å². The topological polar surface area (TPSA) is 141 Å². The zero-order valence-corrected chi connectivity index (χ0v) is 21.5. The first-order valence-corrected chi connectivity index (χ1v) is 12.1. The van der Waals surface area contributed by atoms with Crippen LogP contribution in [-0.4, -0.2) is 28.1 Å². The molecule has 0 aliphatic rings. The minimum atomic E-state index is -4.62. The molecule has 0 aliphatic heterocycles. The molecule has 0 unspecified atom stereocenters. The summed E-state index contributed by atoms with van der Waals surface area (Å²) in [5.41, 5.74) is 13.2. The van der Waals surface area contributed by atoms with Crippen molar-refractivity contribution in [2.24, 2.45) is 22.3 Å². The molecular formula is C25H27F3N8OS. The quantitative estimate of drug-likeness (QED) is 0.103. The Hall–Kier alpha value is -4.07.